The first kappa shape index (κ1) is 13.9. The van der Waals surface area contributed by atoms with Gasteiger partial charge in [-0.1, -0.05) is 12.1 Å². The quantitative estimate of drug-likeness (QED) is 0.892. The number of nitrogens with zero attached hydrogens (tertiary/aromatic N) is 2. The Hall–Kier alpha value is -1.55. The van der Waals surface area contributed by atoms with Crippen LogP contribution in [0.3, 0.4) is 0 Å². The summed E-state index contributed by atoms with van der Waals surface area (Å²) < 4.78 is 0. The number of benzene rings is 1. The topological polar surface area (TPSA) is 49.6 Å². The molecule has 1 saturated heterocycles. The Balaban J connectivity index is 1.95. The van der Waals surface area contributed by atoms with Crippen LogP contribution in [0.25, 0.3) is 0 Å². The van der Waals surface area contributed by atoms with E-state index in [2.05, 4.69) is 34.1 Å². The minimum Gasteiger partial charge on any atom is -0.378 e. The molecule has 1 aliphatic heterocycles. The summed E-state index contributed by atoms with van der Waals surface area (Å²) in [5.74, 6) is -0.137. The van der Waals surface area contributed by atoms with Gasteiger partial charge in [-0.25, -0.2) is 0 Å². The van der Waals surface area contributed by atoms with Crippen molar-refractivity contribution in [2.24, 2.45) is 11.7 Å². The van der Waals surface area contributed by atoms with E-state index >= 15 is 0 Å². The molecule has 1 heterocycles. The van der Waals surface area contributed by atoms with Crippen molar-refractivity contribution < 1.29 is 4.79 Å². The molecule has 0 radical (unpaired) electrons. The molecule has 1 atom stereocenters. The van der Waals surface area contributed by atoms with Crippen LogP contribution < -0.4 is 10.6 Å². The zero-order valence-electron chi connectivity index (χ0n) is 11.8. The molecule has 4 nitrogen and oxygen atoms in total. The number of carbonyl (C=O) groups is 1. The van der Waals surface area contributed by atoms with Crippen molar-refractivity contribution in [1.29, 1.82) is 0 Å². The number of primary amides is 1. The van der Waals surface area contributed by atoms with E-state index in [-0.39, 0.29) is 11.8 Å². The van der Waals surface area contributed by atoms with Crippen LogP contribution in [0.15, 0.2) is 24.3 Å². The smallest absolute Gasteiger partial charge is 0.221 e. The van der Waals surface area contributed by atoms with Crippen molar-refractivity contribution in [1.82, 2.24) is 4.90 Å². The lowest BCUT2D eigenvalue weighted by Crippen LogP contribution is -2.40. The lowest BCUT2D eigenvalue weighted by atomic mass is 9.97. The third-order valence-electron chi connectivity index (χ3n) is 3.77. The average molecular weight is 261 g/mol. The first-order valence-electron chi connectivity index (χ1n) is 6.84. The molecule has 0 bridgehead atoms. The highest BCUT2D eigenvalue weighted by atomic mass is 16.1. The van der Waals surface area contributed by atoms with Crippen LogP contribution >= 0.6 is 0 Å². The van der Waals surface area contributed by atoms with Gasteiger partial charge >= 0.3 is 0 Å². The number of carbonyl (C=O) groups excluding carboxylic acids is 1. The molecular formula is C15H23N3O. The third-order valence-corrected chi connectivity index (χ3v) is 3.77. The highest BCUT2D eigenvalue weighted by molar-refractivity contribution is 5.76. The molecule has 0 aromatic heterocycles. The van der Waals surface area contributed by atoms with Crippen LogP contribution in [0, 0.1) is 5.92 Å². The van der Waals surface area contributed by atoms with Crippen LogP contribution in [0.5, 0.6) is 0 Å². The monoisotopic (exact) mass is 261 g/mol. The number of hydrogen-bond acceptors (Lipinski definition) is 3. The molecule has 1 fully saturated rings. The predicted molar refractivity (Wildman–Crippen MR) is 78.0 cm³/mol. The summed E-state index contributed by atoms with van der Waals surface area (Å²) >= 11 is 0. The lowest BCUT2D eigenvalue weighted by Gasteiger charge is -2.31. The van der Waals surface area contributed by atoms with Crippen LogP contribution in [-0.2, 0) is 11.3 Å². The van der Waals surface area contributed by atoms with E-state index in [9.17, 15) is 4.79 Å². The molecule has 1 unspecified atom stereocenters. The second-order valence-corrected chi connectivity index (χ2v) is 5.54. The normalized spacial score (nSPS) is 20.2. The summed E-state index contributed by atoms with van der Waals surface area (Å²) in [6.45, 7) is 2.75. The number of nitrogens with two attached hydrogens (primary N) is 1. The fourth-order valence-corrected chi connectivity index (χ4v) is 2.59. The van der Waals surface area contributed by atoms with Crippen molar-refractivity contribution in [3.8, 4) is 0 Å². The lowest BCUT2D eigenvalue weighted by molar-refractivity contribution is -0.123. The fourth-order valence-electron chi connectivity index (χ4n) is 2.59. The first-order chi connectivity index (χ1) is 9.06. The van der Waals surface area contributed by atoms with Crippen molar-refractivity contribution in [3.63, 3.8) is 0 Å². The minimum absolute atomic E-state index is 0.0230. The molecule has 1 amide bonds. The van der Waals surface area contributed by atoms with E-state index < -0.39 is 0 Å². The highest BCUT2D eigenvalue weighted by Gasteiger charge is 2.23. The van der Waals surface area contributed by atoms with E-state index in [0.717, 1.165) is 32.5 Å². The van der Waals surface area contributed by atoms with Crippen molar-refractivity contribution in [3.05, 3.63) is 29.8 Å². The second-order valence-electron chi connectivity index (χ2n) is 5.54. The minimum atomic E-state index is -0.160. The van der Waals surface area contributed by atoms with E-state index in [1.54, 1.807) is 0 Å². The van der Waals surface area contributed by atoms with Crippen LogP contribution in [0.2, 0.25) is 0 Å². The van der Waals surface area contributed by atoms with Crippen LogP contribution in [0.4, 0.5) is 5.69 Å². The van der Waals surface area contributed by atoms with Gasteiger partial charge in [-0.2, -0.15) is 0 Å². The summed E-state index contributed by atoms with van der Waals surface area (Å²) in [5.41, 5.74) is 7.90. The highest BCUT2D eigenvalue weighted by Crippen LogP contribution is 2.19. The molecule has 0 spiro atoms. The zero-order valence-corrected chi connectivity index (χ0v) is 11.8. The van der Waals surface area contributed by atoms with Gasteiger partial charge in [0.15, 0.2) is 0 Å². The van der Waals surface area contributed by atoms with Gasteiger partial charge in [-0.05, 0) is 37.1 Å². The summed E-state index contributed by atoms with van der Waals surface area (Å²) in [5, 5.41) is 0. The summed E-state index contributed by atoms with van der Waals surface area (Å²) in [6, 6.07) is 8.57. The number of likely N-dealkylation sites (tertiary alicyclic amines) is 1. The predicted octanol–water partition coefficient (Wildman–Crippen LogP) is 1.45. The Morgan fingerprint density at radius 2 is 2.05 bits per heavy atom. The van der Waals surface area contributed by atoms with Crippen molar-refractivity contribution in [2.75, 3.05) is 32.1 Å². The Labute approximate surface area is 115 Å². The molecular weight excluding hydrogens is 238 g/mol. The maximum Gasteiger partial charge on any atom is 0.221 e. The summed E-state index contributed by atoms with van der Waals surface area (Å²) in [6.07, 6.45) is 1.99. The number of anilines is 1. The number of hydrogen-bond donors (Lipinski definition) is 1. The zero-order chi connectivity index (χ0) is 13.8. The second kappa shape index (κ2) is 6.06. The van der Waals surface area contributed by atoms with Crippen LogP contribution in [-0.4, -0.2) is 38.0 Å². The maximum absolute atomic E-state index is 11.3. The van der Waals surface area contributed by atoms with Gasteiger partial charge in [-0.15, -0.1) is 0 Å². The maximum atomic E-state index is 11.3. The molecule has 2 rings (SSSR count). The summed E-state index contributed by atoms with van der Waals surface area (Å²) in [4.78, 5) is 15.7. The molecule has 0 aliphatic carbocycles. The van der Waals surface area contributed by atoms with Crippen LogP contribution in [0.1, 0.15) is 18.4 Å². The molecule has 104 valence electrons. The third kappa shape index (κ3) is 3.70. The molecule has 1 aliphatic rings. The Morgan fingerprint density at radius 1 is 1.37 bits per heavy atom. The number of rotatable bonds is 4. The number of piperidine rings is 1. The molecule has 1 aromatic carbocycles. The van der Waals surface area contributed by atoms with Gasteiger partial charge < -0.3 is 10.6 Å². The fraction of sp³-hybridized carbons (Fsp3) is 0.533. The van der Waals surface area contributed by atoms with Gasteiger partial charge in [0.25, 0.3) is 0 Å². The SMILES string of the molecule is CN(C)c1ccc(CN2CCCC(C(N)=O)C2)cc1. The van der Waals surface area contributed by atoms with Gasteiger partial charge in [0, 0.05) is 32.9 Å². The van der Waals surface area contributed by atoms with E-state index in [1.807, 2.05) is 14.1 Å². The van der Waals surface area contributed by atoms with Gasteiger partial charge in [0.2, 0.25) is 5.91 Å². The standard InChI is InChI=1S/C15H23N3O/c1-17(2)14-7-5-12(6-8-14)10-18-9-3-4-13(11-18)15(16)19/h5-8,13H,3-4,9-11H2,1-2H3,(H2,16,19). The average Bonchev–Trinajstić information content (AvgIpc) is 2.39. The largest absolute Gasteiger partial charge is 0.378 e. The molecule has 0 saturated carbocycles. The van der Waals surface area contributed by atoms with E-state index in [1.165, 1.54) is 11.3 Å². The van der Waals surface area contributed by atoms with E-state index in [4.69, 9.17) is 5.73 Å². The Bertz CT molecular complexity index is 428. The van der Waals surface area contributed by atoms with Gasteiger partial charge in [0.05, 0.1) is 5.92 Å². The van der Waals surface area contributed by atoms with E-state index in [0.29, 0.717) is 0 Å². The molecule has 4 heteroatoms. The first-order valence-corrected chi connectivity index (χ1v) is 6.84. The Morgan fingerprint density at radius 3 is 2.63 bits per heavy atom. The molecule has 19 heavy (non-hydrogen) atoms. The van der Waals surface area contributed by atoms with Crippen molar-refractivity contribution in [2.45, 2.75) is 19.4 Å². The Kier molecular flexibility index (Phi) is 4.43. The molecule has 1 aromatic rings. The summed E-state index contributed by atoms with van der Waals surface area (Å²) in [7, 11) is 4.08. The number of amides is 1. The van der Waals surface area contributed by atoms with Gasteiger partial charge in [0.1, 0.15) is 0 Å². The molecule has 2 N–H and O–H groups in total. The van der Waals surface area contributed by atoms with Gasteiger partial charge in [-0.3, -0.25) is 9.69 Å². The van der Waals surface area contributed by atoms with Crippen molar-refractivity contribution >= 4 is 11.6 Å².